The summed E-state index contributed by atoms with van der Waals surface area (Å²) in [5.74, 6) is -0.329. The molecular weight excluding hydrogens is 414 g/mol. The third-order valence-electron chi connectivity index (χ3n) is 7.16. The summed E-state index contributed by atoms with van der Waals surface area (Å²) in [6.07, 6.45) is 8.95. The fourth-order valence-corrected chi connectivity index (χ4v) is 5.24. The predicted molar refractivity (Wildman–Crippen MR) is 131 cm³/mol. The minimum absolute atomic E-state index is 0.0688. The van der Waals surface area contributed by atoms with Gasteiger partial charge < -0.3 is 15.7 Å². The molecule has 0 spiro atoms. The number of carboxylic acids is 1. The normalized spacial score (nSPS) is 20.2. The molecule has 6 heteroatoms. The lowest BCUT2D eigenvalue weighted by Gasteiger charge is -2.29. The van der Waals surface area contributed by atoms with Crippen molar-refractivity contribution < 1.29 is 14.7 Å². The number of anilines is 2. The van der Waals surface area contributed by atoms with Gasteiger partial charge in [0.1, 0.15) is 6.04 Å². The number of nitrogen functional groups attached to an aromatic ring is 1. The van der Waals surface area contributed by atoms with Crippen molar-refractivity contribution >= 4 is 23.3 Å². The topological polar surface area (TPSA) is 95.7 Å². The first-order valence-electron chi connectivity index (χ1n) is 12.2. The highest BCUT2D eigenvalue weighted by Gasteiger charge is 2.33. The van der Waals surface area contributed by atoms with Crippen LogP contribution in [-0.4, -0.2) is 29.1 Å². The minimum atomic E-state index is -0.870. The molecule has 1 saturated carbocycles. The first-order chi connectivity index (χ1) is 16.0. The molecule has 0 unspecified atom stereocenters. The van der Waals surface area contributed by atoms with E-state index in [0.717, 1.165) is 29.7 Å². The number of nitrogens with one attached hydrogen (secondary N) is 1. The second-order valence-electron chi connectivity index (χ2n) is 9.52. The van der Waals surface area contributed by atoms with E-state index in [1.54, 1.807) is 4.90 Å². The zero-order valence-corrected chi connectivity index (χ0v) is 19.2. The van der Waals surface area contributed by atoms with Crippen LogP contribution in [0, 0.1) is 5.92 Å². The van der Waals surface area contributed by atoms with E-state index in [0.29, 0.717) is 31.0 Å². The molecule has 6 nitrogen and oxygen atoms in total. The molecule has 176 valence electrons. The number of hydrogen-bond acceptors (Lipinski definition) is 4. The number of aliphatic carboxylic acids is 1. The summed E-state index contributed by atoms with van der Waals surface area (Å²) in [5, 5.41) is 13.1. The summed E-state index contributed by atoms with van der Waals surface area (Å²) >= 11 is 0. The lowest BCUT2D eigenvalue weighted by atomic mass is 9.85. The second kappa shape index (κ2) is 10.8. The van der Waals surface area contributed by atoms with E-state index in [-0.39, 0.29) is 5.91 Å². The van der Waals surface area contributed by atoms with Crippen LogP contribution in [0.5, 0.6) is 0 Å². The Bertz CT molecular complexity index is 953. The Morgan fingerprint density at radius 3 is 2.52 bits per heavy atom. The van der Waals surface area contributed by atoms with Crippen molar-refractivity contribution in [1.82, 2.24) is 5.32 Å². The lowest BCUT2D eigenvalue weighted by Crippen LogP contribution is -2.51. The molecule has 2 aromatic carbocycles. The monoisotopic (exact) mass is 449 g/mol. The number of carboxylic acid groups (broad SMARTS) is 1. The van der Waals surface area contributed by atoms with Crippen molar-refractivity contribution in [3.8, 4) is 0 Å². The molecule has 1 aliphatic heterocycles. The molecule has 33 heavy (non-hydrogen) atoms. The number of carbonyl (C=O) groups excluding carboxylic acids is 1. The molecule has 2 aromatic rings. The largest absolute Gasteiger partial charge is 0.480 e. The number of fused-ring (bicyclic) bond motifs is 1. The smallest absolute Gasteiger partial charge is 0.320 e. The van der Waals surface area contributed by atoms with Crippen LogP contribution in [0.2, 0.25) is 0 Å². The van der Waals surface area contributed by atoms with Crippen LogP contribution in [0.1, 0.15) is 62.5 Å². The Kier molecular flexibility index (Phi) is 7.65. The van der Waals surface area contributed by atoms with Crippen LogP contribution >= 0.6 is 0 Å². The van der Waals surface area contributed by atoms with Crippen molar-refractivity contribution in [1.29, 1.82) is 0 Å². The van der Waals surface area contributed by atoms with E-state index in [9.17, 15) is 14.7 Å². The standard InChI is InChI=1S/C27H35N3O3/c28-22-14-10-20(11-15-22)18-30-25-9-5-4-8-21(25)13-17-23(26(30)31)29-24(27(32)33)16-12-19-6-2-1-3-7-19/h4-5,8-11,14-15,19,23-24,29H,1-3,6-7,12-13,16-18,28H2,(H,32,33)/t23-,24-/m0/s1. The van der Waals surface area contributed by atoms with Crippen molar-refractivity contribution in [2.75, 3.05) is 10.6 Å². The third kappa shape index (κ3) is 5.93. The summed E-state index contributed by atoms with van der Waals surface area (Å²) in [5.41, 5.74) is 9.51. The SMILES string of the molecule is Nc1ccc(CN2C(=O)[C@@H](N[C@@H](CCC3CCCCC3)C(=O)O)CCc3ccccc32)cc1. The number of aryl methyl sites for hydroxylation is 1. The maximum atomic E-state index is 13.7. The van der Waals surface area contributed by atoms with E-state index >= 15 is 0 Å². The Morgan fingerprint density at radius 2 is 1.79 bits per heavy atom. The summed E-state index contributed by atoms with van der Waals surface area (Å²) < 4.78 is 0. The van der Waals surface area contributed by atoms with Gasteiger partial charge >= 0.3 is 5.97 Å². The van der Waals surface area contributed by atoms with Crippen molar-refractivity contribution in [3.63, 3.8) is 0 Å². The number of carbonyl (C=O) groups is 2. The molecule has 0 bridgehead atoms. The first-order valence-corrected chi connectivity index (χ1v) is 12.2. The van der Waals surface area contributed by atoms with Crippen LogP contribution in [-0.2, 0) is 22.6 Å². The predicted octanol–water partition coefficient (Wildman–Crippen LogP) is 4.52. The van der Waals surface area contributed by atoms with Gasteiger partial charge in [-0.25, -0.2) is 0 Å². The molecule has 0 aromatic heterocycles. The second-order valence-corrected chi connectivity index (χ2v) is 9.52. The molecule has 1 amide bonds. The quantitative estimate of drug-likeness (QED) is 0.515. The average molecular weight is 450 g/mol. The Hall–Kier alpha value is -2.86. The van der Waals surface area contributed by atoms with Gasteiger partial charge in [0, 0.05) is 11.4 Å². The molecule has 1 fully saturated rings. The molecule has 2 aliphatic rings. The average Bonchev–Trinajstić information content (AvgIpc) is 2.95. The Labute approximate surface area is 196 Å². The van der Waals surface area contributed by atoms with Gasteiger partial charge in [-0.05, 0) is 60.9 Å². The third-order valence-corrected chi connectivity index (χ3v) is 7.16. The van der Waals surface area contributed by atoms with Gasteiger partial charge in [-0.15, -0.1) is 0 Å². The van der Waals surface area contributed by atoms with Gasteiger partial charge in [0.15, 0.2) is 0 Å². The van der Waals surface area contributed by atoms with E-state index in [4.69, 9.17) is 5.73 Å². The fraction of sp³-hybridized carbons (Fsp3) is 0.481. The van der Waals surface area contributed by atoms with Gasteiger partial charge in [-0.2, -0.15) is 0 Å². The number of rotatable bonds is 8. The van der Waals surface area contributed by atoms with Crippen molar-refractivity contribution in [2.24, 2.45) is 5.92 Å². The lowest BCUT2D eigenvalue weighted by molar-refractivity contribution is -0.140. The van der Waals surface area contributed by atoms with E-state index in [1.165, 1.54) is 32.1 Å². The Balaban J connectivity index is 1.51. The van der Waals surface area contributed by atoms with E-state index in [1.807, 2.05) is 42.5 Å². The van der Waals surface area contributed by atoms with Gasteiger partial charge in [-0.3, -0.25) is 14.9 Å². The van der Waals surface area contributed by atoms with E-state index in [2.05, 4.69) is 11.4 Å². The molecule has 4 rings (SSSR count). The summed E-state index contributed by atoms with van der Waals surface area (Å²) in [6, 6.07) is 14.3. The van der Waals surface area contributed by atoms with Gasteiger partial charge in [0.2, 0.25) is 5.91 Å². The van der Waals surface area contributed by atoms with E-state index < -0.39 is 18.1 Å². The minimum Gasteiger partial charge on any atom is -0.480 e. The highest BCUT2D eigenvalue weighted by Crippen LogP contribution is 2.30. The highest BCUT2D eigenvalue weighted by atomic mass is 16.4. The fourth-order valence-electron chi connectivity index (χ4n) is 5.24. The molecular formula is C27H35N3O3. The van der Waals surface area contributed by atoms with Crippen LogP contribution in [0.25, 0.3) is 0 Å². The molecule has 0 radical (unpaired) electrons. The number of nitrogens with zero attached hydrogens (tertiary/aromatic N) is 1. The number of nitrogens with two attached hydrogens (primary N) is 1. The molecule has 1 aliphatic carbocycles. The van der Waals surface area contributed by atoms with Crippen molar-refractivity contribution in [2.45, 2.75) is 76.4 Å². The summed E-state index contributed by atoms with van der Waals surface area (Å²) in [6.45, 7) is 0.425. The van der Waals surface area contributed by atoms with Crippen LogP contribution in [0.3, 0.4) is 0 Å². The van der Waals surface area contributed by atoms with Crippen molar-refractivity contribution in [3.05, 3.63) is 59.7 Å². The molecule has 4 N–H and O–H groups in total. The highest BCUT2D eigenvalue weighted by molar-refractivity contribution is 5.98. The number of para-hydroxylation sites is 1. The Morgan fingerprint density at radius 1 is 1.06 bits per heavy atom. The molecule has 2 atom stereocenters. The number of amides is 1. The molecule has 0 saturated heterocycles. The maximum Gasteiger partial charge on any atom is 0.320 e. The van der Waals surface area contributed by atoms with Gasteiger partial charge in [0.05, 0.1) is 12.6 Å². The maximum absolute atomic E-state index is 13.7. The number of hydrogen-bond donors (Lipinski definition) is 3. The molecule has 1 heterocycles. The zero-order chi connectivity index (χ0) is 23.2. The number of benzene rings is 2. The van der Waals surface area contributed by atoms with Crippen LogP contribution in [0.15, 0.2) is 48.5 Å². The van der Waals surface area contributed by atoms with Gasteiger partial charge in [-0.1, -0.05) is 62.4 Å². The zero-order valence-electron chi connectivity index (χ0n) is 19.2. The van der Waals surface area contributed by atoms with Crippen LogP contribution < -0.4 is 16.0 Å². The van der Waals surface area contributed by atoms with Gasteiger partial charge in [0.25, 0.3) is 0 Å². The first kappa shape index (κ1) is 23.3. The summed E-state index contributed by atoms with van der Waals surface area (Å²) in [7, 11) is 0. The summed E-state index contributed by atoms with van der Waals surface area (Å²) in [4.78, 5) is 27.5. The van der Waals surface area contributed by atoms with Crippen LogP contribution in [0.4, 0.5) is 11.4 Å².